The lowest BCUT2D eigenvalue weighted by Gasteiger charge is -2.24. The number of thiophene rings is 1. The van der Waals surface area contributed by atoms with Gasteiger partial charge in [0.25, 0.3) is 0 Å². The highest BCUT2D eigenvalue weighted by Crippen LogP contribution is 2.27. The van der Waals surface area contributed by atoms with Gasteiger partial charge in [-0.1, -0.05) is 23.2 Å². The molecular formula is C20H21Cl2NO3S. The molecule has 0 saturated heterocycles. The molecule has 3 aromatic rings. The van der Waals surface area contributed by atoms with E-state index >= 15 is 0 Å². The van der Waals surface area contributed by atoms with Gasteiger partial charge in [-0.3, -0.25) is 4.90 Å². The number of rotatable bonds is 9. The summed E-state index contributed by atoms with van der Waals surface area (Å²) in [6, 6.07) is 10.9. The molecule has 3 rings (SSSR count). The number of benzene rings is 1. The zero-order valence-corrected chi connectivity index (χ0v) is 17.2. The molecule has 0 fully saturated rings. The Kier molecular flexibility index (Phi) is 7.21. The maximum atomic E-state index is 10.5. The van der Waals surface area contributed by atoms with Gasteiger partial charge in [0.2, 0.25) is 0 Å². The number of ether oxygens (including phenoxy) is 1. The summed E-state index contributed by atoms with van der Waals surface area (Å²) in [6.45, 7) is 4.04. The van der Waals surface area contributed by atoms with Crippen LogP contribution < -0.4 is 4.74 Å². The number of nitrogens with zero attached hydrogens (tertiary/aromatic N) is 1. The van der Waals surface area contributed by atoms with Crippen LogP contribution in [-0.2, 0) is 13.1 Å². The van der Waals surface area contributed by atoms with Crippen molar-refractivity contribution in [3.8, 4) is 5.75 Å². The topological polar surface area (TPSA) is 45.8 Å². The van der Waals surface area contributed by atoms with E-state index in [1.807, 2.05) is 12.1 Å². The quantitative estimate of drug-likeness (QED) is 0.498. The molecule has 1 N–H and O–H groups in total. The fraction of sp³-hybridized carbons (Fsp3) is 0.300. The first-order chi connectivity index (χ1) is 13.0. The first-order valence-electron chi connectivity index (χ1n) is 8.55. The molecule has 0 spiro atoms. The summed E-state index contributed by atoms with van der Waals surface area (Å²) in [5.41, 5.74) is 1.25. The molecule has 2 heterocycles. The van der Waals surface area contributed by atoms with E-state index in [1.54, 1.807) is 35.8 Å². The third-order valence-electron chi connectivity index (χ3n) is 4.09. The molecule has 0 amide bonds. The number of aliphatic hydroxyl groups is 1. The van der Waals surface area contributed by atoms with Crippen LogP contribution in [0.3, 0.4) is 0 Å². The first kappa shape index (κ1) is 20.2. The molecule has 0 aliphatic carbocycles. The van der Waals surface area contributed by atoms with Crippen LogP contribution in [0.2, 0.25) is 10.0 Å². The second-order valence-corrected chi connectivity index (χ2v) is 8.16. The molecule has 4 nitrogen and oxygen atoms in total. The molecule has 1 aromatic carbocycles. The van der Waals surface area contributed by atoms with Gasteiger partial charge in [-0.25, -0.2) is 0 Å². The standard InChI is InChI=1S/C20H21Cl2NO3S/c1-14-6-8-27-20(14)12-23(11-17-3-2-7-25-17)10-16(24)13-26-19-5-4-15(21)9-18(19)22/h2-9,16,24H,10-13H2,1H3. The summed E-state index contributed by atoms with van der Waals surface area (Å²) in [4.78, 5) is 3.42. The van der Waals surface area contributed by atoms with Crippen molar-refractivity contribution in [1.82, 2.24) is 4.90 Å². The third-order valence-corrected chi connectivity index (χ3v) is 5.63. The van der Waals surface area contributed by atoms with Crippen molar-refractivity contribution in [2.45, 2.75) is 26.1 Å². The van der Waals surface area contributed by atoms with E-state index in [0.29, 0.717) is 28.9 Å². The van der Waals surface area contributed by atoms with Crippen molar-refractivity contribution >= 4 is 34.5 Å². The van der Waals surface area contributed by atoms with Crippen molar-refractivity contribution in [3.63, 3.8) is 0 Å². The predicted molar refractivity (Wildman–Crippen MR) is 110 cm³/mol. The second-order valence-electron chi connectivity index (χ2n) is 6.32. The number of aliphatic hydroxyl groups excluding tert-OH is 1. The number of hydrogen-bond donors (Lipinski definition) is 1. The maximum Gasteiger partial charge on any atom is 0.138 e. The van der Waals surface area contributed by atoms with E-state index in [9.17, 15) is 5.11 Å². The zero-order valence-electron chi connectivity index (χ0n) is 14.9. The SMILES string of the molecule is Cc1ccsc1CN(Cc1ccco1)CC(O)COc1ccc(Cl)cc1Cl. The van der Waals surface area contributed by atoms with Crippen LogP contribution in [0.5, 0.6) is 5.75 Å². The van der Waals surface area contributed by atoms with Crippen LogP contribution in [0, 0.1) is 6.92 Å². The van der Waals surface area contributed by atoms with E-state index in [1.165, 1.54) is 10.4 Å². The summed E-state index contributed by atoms with van der Waals surface area (Å²) < 4.78 is 11.1. The van der Waals surface area contributed by atoms with Crippen LogP contribution in [0.4, 0.5) is 0 Å². The molecule has 0 bridgehead atoms. The number of aryl methyl sites for hydroxylation is 1. The van der Waals surface area contributed by atoms with Crippen molar-refractivity contribution < 1.29 is 14.3 Å². The number of furan rings is 1. The Balaban J connectivity index is 1.60. The Labute approximate surface area is 172 Å². The molecule has 2 aromatic heterocycles. The van der Waals surface area contributed by atoms with Crippen LogP contribution in [0.15, 0.2) is 52.5 Å². The molecular weight excluding hydrogens is 405 g/mol. The van der Waals surface area contributed by atoms with Gasteiger partial charge in [-0.2, -0.15) is 0 Å². The summed E-state index contributed by atoms with van der Waals surface area (Å²) in [6.07, 6.45) is 0.985. The van der Waals surface area contributed by atoms with Crippen LogP contribution in [0.1, 0.15) is 16.2 Å². The minimum atomic E-state index is -0.674. The maximum absolute atomic E-state index is 10.5. The van der Waals surface area contributed by atoms with Crippen molar-refractivity contribution in [2.24, 2.45) is 0 Å². The Hall–Kier alpha value is -1.50. The van der Waals surface area contributed by atoms with Crippen molar-refractivity contribution in [1.29, 1.82) is 0 Å². The third kappa shape index (κ3) is 5.99. The van der Waals surface area contributed by atoms with E-state index in [-0.39, 0.29) is 6.61 Å². The average molecular weight is 426 g/mol. The van der Waals surface area contributed by atoms with E-state index in [4.69, 9.17) is 32.4 Å². The lowest BCUT2D eigenvalue weighted by atomic mass is 10.2. The van der Waals surface area contributed by atoms with Gasteiger partial charge in [-0.15, -0.1) is 11.3 Å². The van der Waals surface area contributed by atoms with Crippen LogP contribution in [-0.4, -0.2) is 29.3 Å². The normalized spacial score (nSPS) is 12.5. The van der Waals surface area contributed by atoms with Gasteiger partial charge in [-0.05, 0) is 54.3 Å². The van der Waals surface area contributed by atoms with E-state index in [2.05, 4.69) is 23.3 Å². The molecule has 27 heavy (non-hydrogen) atoms. The molecule has 1 unspecified atom stereocenters. The highest BCUT2D eigenvalue weighted by atomic mass is 35.5. The van der Waals surface area contributed by atoms with Gasteiger partial charge in [0.1, 0.15) is 24.2 Å². The Morgan fingerprint density at radius 2 is 2.07 bits per heavy atom. The minimum absolute atomic E-state index is 0.138. The number of hydrogen-bond acceptors (Lipinski definition) is 5. The van der Waals surface area contributed by atoms with Crippen LogP contribution >= 0.6 is 34.5 Å². The van der Waals surface area contributed by atoms with Crippen LogP contribution in [0.25, 0.3) is 0 Å². The van der Waals surface area contributed by atoms with E-state index in [0.717, 1.165) is 12.3 Å². The van der Waals surface area contributed by atoms with Gasteiger partial charge in [0, 0.05) is 23.0 Å². The average Bonchev–Trinajstić information content (AvgIpc) is 3.26. The molecule has 0 aliphatic rings. The van der Waals surface area contributed by atoms with Crippen molar-refractivity contribution in [3.05, 3.63) is 74.3 Å². The Bertz CT molecular complexity index is 851. The van der Waals surface area contributed by atoms with Gasteiger partial charge in [0.05, 0.1) is 17.8 Å². The minimum Gasteiger partial charge on any atom is -0.489 e. The second kappa shape index (κ2) is 9.62. The van der Waals surface area contributed by atoms with E-state index < -0.39 is 6.10 Å². The van der Waals surface area contributed by atoms with Gasteiger partial charge < -0.3 is 14.3 Å². The summed E-state index contributed by atoms with van der Waals surface area (Å²) in [5.74, 6) is 1.37. The molecule has 0 saturated carbocycles. The Morgan fingerprint density at radius 1 is 1.22 bits per heavy atom. The molecule has 0 aliphatic heterocycles. The molecule has 144 valence electrons. The summed E-state index contributed by atoms with van der Waals surface area (Å²) in [7, 11) is 0. The highest BCUT2D eigenvalue weighted by molar-refractivity contribution is 7.10. The fourth-order valence-corrected chi connectivity index (χ4v) is 4.12. The van der Waals surface area contributed by atoms with Gasteiger partial charge in [0.15, 0.2) is 0 Å². The highest BCUT2D eigenvalue weighted by Gasteiger charge is 2.17. The largest absolute Gasteiger partial charge is 0.489 e. The monoisotopic (exact) mass is 425 g/mol. The lowest BCUT2D eigenvalue weighted by molar-refractivity contribution is 0.0608. The summed E-state index contributed by atoms with van der Waals surface area (Å²) in [5, 5.41) is 13.5. The lowest BCUT2D eigenvalue weighted by Crippen LogP contribution is -2.35. The summed E-state index contributed by atoms with van der Waals surface area (Å²) >= 11 is 13.7. The predicted octanol–water partition coefficient (Wildman–Crippen LogP) is 5.40. The number of halogens is 2. The fourth-order valence-electron chi connectivity index (χ4n) is 2.71. The first-order valence-corrected chi connectivity index (χ1v) is 10.2. The molecule has 7 heteroatoms. The zero-order chi connectivity index (χ0) is 19.2. The smallest absolute Gasteiger partial charge is 0.138 e. The van der Waals surface area contributed by atoms with Crippen molar-refractivity contribution in [2.75, 3.05) is 13.2 Å². The Morgan fingerprint density at radius 3 is 2.74 bits per heavy atom. The van der Waals surface area contributed by atoms with Gasteiger partial charge >= 0.3 is 0 Å². The molecule has 1 atom stereocenters. The molecule has 0 radical (unpaired) electrons.